The Kier molecular flexibility index (Phi) is 9.17. The molecule has 1 spiro atoms. The number of benzene rings is 1. The van der Waals surface area contributed by atoms with Gasteiger partial charge in [-0.3, -0.25) is 14.7 Å². The zero-order chi connectivity index (χ0) is 41.9. The molecule has 3 saturated heterocycles. The number of carbonyl (C=O) groups excluding carboxylic acids is 1. The summed E-state index contributed by atoms with van der Waals surface area (Å²) in [6, 6.07) is 9.01. The maximum Gasteiger partial charge on any atom is 0.342 e. The van der Waals surface area contributed by atoms with Crippen molar-refractivity contribution in [2.24, 2.45) is 16.8 Å². The third-order valence-electron chi connectivity index (χ3n) is 14.0. The summed E-state index contributed by atoms with van der Waals surface area (Å²) in [7, 11) is 3.28. The van der Waals surface area contributed by atoms with Crippen LogP contribution in [0, 0.1) is 18.8 Å². The Labute approximate surface area is 359 Å². The van der Waals surface area contributed by atoms with Gasteiger partial charge >= 0.3 is 5.97 Å². The molecule has 4 aromatic rings. The number of fused-ring (bicyclic) bond motifs is 9. The van der Waals surface area contributed by atoms with Crippen LogP contribution in [-0.2, 0) is 33.0 Å². The van der Waals surface area contributed by atoms with Gasteiger partial charge in [0.25, 0.3) is 0 Å². The summed E-state index contributed by atoms with van der Waals surface area (Å²) >= 11 is 0. The van der Waals surface area contributed by atoms with Crippen LogP contribution in [0.15, 0.2) is 68.1 Å². The summed E-state index contributed by atoms with van der Waals surface area (Å²) in [5.41, 5.74) is 17.6. The molecule has 316 valence electrons. The van der Waals surface area contributed by atoms with Gasteiger partial charge in [-0.05, 0) is 81.7 Å². The number of aliphatic imine (C=N–C) groups is 1. The van der Waals surface area contributed by atoms with Gasteiger partial charge in [-0.2, -0.15) is 0 Å². The zero-order valence-electron chi connectivity index (χ0n) is 33.8. The zero-order valence-corrected chi connectivity index (χ0v) is 35.4. The van der Waals surface area contributed by atoms with E-state index in [2.05, 4.69) is 23.3 Å². The minimum atomic E-state index is -1.35. The highest BCUT2D eigenvalue weighted by Crippen LogP contribution is 2.60. The van der Waals surface area contributed by atoms with Gasteiger partial charge in [-0.15, -0.1) is 0 Å². The largest absolute Gasteiger partial charge is 0.507 e. The van der Waals surface area contributed by atoms with E-state index in [0.717, 1.165) is 34.6 Å². The second-order valence-corrected chi connectivity index (χ2v) is 20.4. The Morgan fingerprint density at radius 2 is 1.93 bits per heavy atom. The van der Waals surface area contributed by atoms with Crippen LogP contribution in [0.4, 0.5) is 11.6 Å². The molecule has 9 atom stereocenters. The Bertz CT molecular complexity index is 2700. The van der Waals surface area contributed by atoms with E-state index < -0.39 is 47.3 Å². The second kappa shape index (κ2) is 14.3. The lowest BCUT2D eigenvalue weighted by molar-refractivity contribution is -0.852. The number of nitrogens with two attached hydrogens (primary N) is 2. The van der Waals surface area contributed by atoms with Gasteiger partial charge in [-0.25, -0.2) is 14.8 Å². The summed E-state index contributed by atoms with van der Waals surface area (Å²) < 4.78 is 26.1. The van der Waals surface area contributed by atoms with E-state index in [1.807, 2.05) is 25.3 Å². The lowest BCUT2D eigenvalue weighted by atomic mass is 9.64. The van der Waals surface area contributed by atoms with Crippen molar-refractivity contribution in [2.45, 2.75) is 100 Å². The Morgan fingerprint density at radius 3 is 2.77 bits per heavy atom. The molecule has 1 aromatic carbocycles. The molecule has 16 heteroatoms. The average molecular weight is 864 g/mol. The van der Waals surface area contributed by atoms with Crippen molar-refractivity contribution in [1.82, 2.24) is 9.97 Å². The third-order valence-corrected chi connectivity index (χ3v) is 16.3. The number of phenolic OH excluding ortho intramolecular Hbond substituents is 1. The monoisotopic (exact) mass is 863 g/mol. The number of esters is 1. The molecule has 14 nitrogen and oxygen atoms in total. The van der Waals surface area contributed by atoms with E-state index in [9.17, 15) is 19.8 Å². The Hall–Kier alpha value is -4.87. The molecule has 1 aliphatic carbocycles. The van der Waals surface area contributed by atoms with E-state index in [1.54, 1.807) is 34.6 Å². The normalized spacial score (nSPS) is 32.4. The van der Waals surface area contributed by atoms with Gasteiger partial charge < -0.3 is 40.3 Å². The smallest absolute Gasteiger partial charge is 0.342 e. The lowest BCUT2D eigenvalue weighted by Gasteiger charge is -2.48. The topological polar surface area (TPSA) is 213 Å². The molecule has 7 aliphatic heterocycles. The lowest BCUT2D eigenvalue weighted by Crippen LogP contribution is -3.04. The summed E-state index contributed by atoms with van der Waals surface area (Å²) in [4.78, 5) is 43.6. The van der Waals surface area contributed by atoms with Crippen LogP contribution in [0.3, 0.4) is 0 Å². The highest BCUT2D eigenvalue weighted by molar-refractivity contribution is 8.76. The first-order chi connectivity index (χ1) is 29.4. The SMILES string of the molecule is Cc1cc(=O)c2c(O)c3c(cc2o1)O[C@@]1(C)CCSSCc2c(cc(C[NH+]4C=C5N=CC=C5C4)nc2N)-c2cc(cc(N)n2)CC[C@H]2O[C@@]24C(=O)O[C@@H]1[C@@H]3[C@@H]1CC[C@@H]4[C@@H](O)C1. The molecular formula is C45H47N6O8S2+. The van der Waals surface area contributed by atoms with Crippen molar-refractivity contribution in [3.8, 4) is 22.8 Å². The standard InChI is InChI=1S/C45H46N6O8S2/c1-21-11-32(53)38-33(56-21)16-34-39(40(38)54)37-23-4-5-28(31(52)14-23)45-35(59-45)6-3-22-12-29(50-36(46)13-22)26-15-25(18-51-17-24-7-9-48-30(24)19-51)49-42(47)27(26)20-61-60-10-8-44(2,58-34)41(37)57-43(45)55/h7,9,11-13,15-16,19,23,28,31,35,37,41,52,54H,3-6,8,10,14,17-18,20H2,1-2H3,(H2,46,50)(H2,47,49)/p+1/t23-,28-,31+,35-,37-,41-,44+,45-/m1/s1. The van der Waals surface area contributed by atoms with E-state index in [0.29, 0.717) is 91.0 Å². The fourth-order valence-electron chi connectivity index (χ4n) is 11.1. The van der Waals surface area contributed by atoms with Crippen LogP contribution in [0.1, 0.15) is 73.1 Å². The number of ether oxygens (including phenoxy) is 3. The number of carbonyl (C=O) groups is 1. The fourth-order valence-corrected chi connectivity index (χ4v) is 13.4. The number of phenols is 1. The summed E-state index contributed by atoms with van der Waals surface area (Å²) in [5, 5.41) is 24.0. The number of nitrogens with zero attached hydrogens (tertiary/aromatic N) is 3. The highest BCUT2D eigenvalue weighted by Gasteiger charge is 2.71. The van der Waals surface area contributed by atoms with E-state index in [4.69, 9.17) is 40.1 Å². The number of aliphatic hydroxyl groups excluding tert-OH is 1. The number of nitrogen functional groups attached to an aromatic ring is 2. The number of pyridine rings is 2. The number of quaternary nitrogens is 1. The molecule has 8 aliphatic rings. The van der Waals surface area contributed by atoms with Crippen LogP contribution >= 0.6 is 21.6 Å². The second-order valence-electron chi connectivity index (χ2n) is 17.8. The predicted molar refractivity (Wildman–Crippen MR) is 232 cm³/mol. The number of hydrogen-bond acceptors (Lipinski definition) is 15. The molecule has 1 saturated carbocycles. The quantitative estimate of drug-likeness (QED) is 0.105. The molecule has 12 rings (SSSR count). The summed E-state index contributed by atoms with van der Waals surface area (Å²) in [5.74, 6) is 0.690. The van der Waals surface area contributed by atoms with Gasteiger partial charge in [0.2, 0.25) is 0 Å². The van der Waals surface area contributed by atoms with Gasteiger partial charge in [0, 0.05) is 70.4 Å². The first-order valence-electron chi connectivity index (χ1n) is 21.0. The maximum absolute atomic E-state index is 14.9. The van der Waals surface area contributed by atoms with E-state index in [-0.39, 0.29) is 28.1 Å². The number of aromatic nitrogens is 2. The molecule has 7 N–H and O–H groups in total. The number of nitrogens with one attached hydrogen (secondary N) is 1. The van der Waals surface area contributed by atoms with Crippen LogP contribution < -0.4 is 26.5 Å². The summed E-state index contributed by atoms with van der Waals surface area (Å²) in [6.45, 7) is 5.08. The van der Waals surface area contributed by atoms with Gasteiger partial charge in [0.15, 0.2) is 11.0 Å². The van der Waals surface area contributed by atoms with Crippen molar-refractivity contribution >= 4 is 56.4 Å². The first kappa shape index (κ1) is 39.0. The number of allylic oxidation sites excluding steroid dienone is 1. The Balaban J connectivity index is 0.992. The first-order valence-corrected chi connectivity index (χ1v) is 23.5. The number of rotatable bonds is 2. The molecule has 0 amide bonds. The molecule has 1 unspecified atom stereocenters. The predicted octanol–water partition coefficient (Wildman–Crippen LogP) is 4.67. The molecular weight excluding hydrogens is 817 g/mol. The third kappa shape index (κ3) is 6.38. The fraction of sp³-hybridized carbons (Fsp3) is 0.444. The summed E-state index contributed by atoms with van der Waals surface area (Å²) in [6.07, 6.45) is 6.78. The van der Waals surface area contributed by atoms with E-state index in [1.165, 1.54) is 16.5 Å². The number of anilines is 2. The molecule has 10 heterocycles. The van der Waals surface area contributed by atoms with Crippen LogP contribution in [0.5, 0.6) is 11.5 Å². The molecule has 3 aromatic heterocycles. The van der Waals surface area contributed by atoms with Crippen molar-refractivity contribution in [2.75, 3.05) is 23.8 Å². The van der Waals surface area contributed by atoms with Crippen LogP contribution in [-0.4, -0.2) is 74.2 Å². The van der Waals surface area contributed by atoms with Gasteiger partial charge in [0.05, 0.1) is 23.6 Å². The average Bonchev–Trinajstić information content (AvgIpc) is 3.53. The number of epoxide rings is 1. The minimum absolute atomic E-state index is 0.0524. The molecule has 4 fully saturated rings. The van der Waals surface area contributed by atoms with Crippen molar-refractivity contribution in [1.29, 1.82) is 0 Å². The number of aryl methyl sites for hydroxylation is 2. The number of hydrogen-bond donors (Lipinski definition) is 5. The minimum Gasteiger partial charge on any atom is -0.507 e. The molecule has 6 bridgehead atoms. The van der Waals surface area contributed by atoms with Crippen LogP contribution in [0.25, 0.3) is 22.2 Å². The van der Waals surface area contributed by atoms with E-state index >= 15 is 0 Å². The number of aliphatic hydroxyl groups is 1. The van der Waals surface area contributed by atoms with Crippen molar-refractivity contribution in [3.05, 3.63) is 92.2 Å². The maximum atomic E-state index is 14.9. The Morgan fingerprint density at radius 1 is 1.07 bits per heavy atom. The van der Waals surface area contributed by atoms with Crippen LogP contribution in [0.2, 0.25) is 0 Å². The van der Waals surface area contributed by atoms with Crippen molar-refractivity contribution in [3.63, 3.8) is 0 Å². The van der Waals surface area contributed by atoms with Gasteiger partial charge in [0.1, 0.15) is 76.6 Å². The van der Waals surface area contributed by atoms with Crippen molar-refractivity contribution < 1.29 is 38.5 Å². The van der Waals surface area contributed by atoms with Gasteiger partial charge in [-0.1, -0.05) is 21.6 Å². The number of aromatic hydroxyl groups is 1. The highest BCUT2D eigenvalue weighted by atomic mass is 33.1. The molecule has 61 heavy (non-hydrogen) atoms. The molecule has 0 radical (unpaired) electrons.